The highest BCUT2D eigenvalue weighted by molar-refractivity contribution is 5.76. The lowest BCUT2D eigenvalue weighted by Crippen LogP contribution is -3.11. The summed E-state index contributed by atoms with van der Waals surface area (Å²) in [5.74, 6) is 0.0715. The predicted octanol–water partition coefficient (Wildman–Crippen LogP) is 0.577. The van der Waals surface area contributed by atoms with Crippen molar-refractivity contribution in [1.82, 2.24) is 0 Å². The van der Waals surface area contributed by atoms with E-state index in [9.17, 15) is 13.6 Å². The molecular formula is C15H21F2N2O3+. The number of likely N-dealkylation sites (tertiary alicyclic amines) is 1. The maximum atomic E-state index is 12.3. The Morgan fingerprint density at radius 1 is 1.36 bits per heavy atom. The molecule has 0 bridgehead atoms. The Balaban J connectivity index is 1.97. The molecule has 1 aliphatic rings. The molecule has 1 saturated heterocycles. The summed E-state index contributed by atoms with van der Waals surface area (Å²) >= 11 is 0. The molecule has 7 heteroatoms. The number of quaternary nitrogens is 1. The topological polar surface area (TPSA) is 66.0 Å². The summed E-state index contributed by atoms with van der Waals surface area (Å²) in [7, 11) is 1.42. The van der Waals surface area contributed by atoms with Gasteiger partial charge in [-0.25, -0.2) is 0 Å². The molecule has 0 saturated carbocycles. The van der Waals surface area contributed by atoms with Gasteiger partial charge in [0.05, 0.1) is 20.2 Å². The van der Waals surface area contributed by atoms with Crippen LogP contribution in [0.4, 0.5) is 8.78 Å². The second-order valence-electron chi connectivity index (χ2n) is 5.47. The fourth-order valence-corrected chi connectivity index (χ4v) is 2.79. The smallest absolute Gasteiger partial charge is 0.387 e. The number of rotatable bonds is 6. The van der Waals surface area contributed by atoms with Crippen LogP contribution in [0.5, 0.6) is 11.5 Å². The minimum atomic E-state index is -2.88. The first-order valence-corrected chi connectivity index (χ1v) is 7.24. The van der Waals surface area contributed by atoms with E-state index in [-0.39, 0.29) is 17.6 Å². The molecule has 2 rings (SSSR count). The minimum absolute atomic E-state index is 0.0277. The lowest BCUT2D eigenvalue weighted by atomic mass is 9.96. The van der Waals surface area contributed by atoms with Gasteiger partial charge in [0.1, 0.15) is 6.54 Å². The van der Waals surface area contributed by atoms with Crippen LogP contribution in [0.2, 0.25) is 0 Å². The number of alkyl halides is 2. The molecule has 0 spiro atoms. The van der Waals surface area contributed by atoms with Crippen LogP contribution >= 0.6 is 0 Å². The summed E-state index contributed by atoms with van der Waals surface area (Å²) < 4.78 is 34.1. The molecule has 0 atom stereocenters. The van der Waals surface area contributed by atoms with Crippen molar-refractivity contribution in [2.75, 3.05) is 20.2 Å². The second kappa shape index (κ2) is 7.40. The van der Waals surface area contributed by atoms with E-state index >= 15 is 0 Å². The highest BCUT2D eigenvalue weighted by Crippen LogP contribution is 2.29. The fraction of sp³-hybridized carbons (Fsp3) is 0.533. The largest absolute Gasteiger partial charge is 0.493 e. The van der Waals surface area contributed by atoms with Gasteiger partial charge < -0.3 is 20.1 Å². The third-order valence-electron chi connectivity index (χ3n) is 3.99. The van der Waals surface area contributed by atoms with Crippen molar-refractivity contribution >= 4 is 5.91 Å². The van der Waals surface area contributed by atoms with Crippen LogP contribution in [0.25, 0.3) is 0 Å². The molecule has 1 aromatic rings. The van der Waals surface area contributed by atoms with Crippen molar-refractivity contribution < 1.29 is 27.9 Å². The summed E-state index contributed by atoms with van der Waals surface area (Å²) in [6, 6.07) is 4.97. The molecule has 5 nitrogen and oxygen atoms in total. The zero-order valence-corrected chi connectivity index (χ0v) is 12.5. The second-order valence-corrected chi connectivity index (χ2v) is 5.47. The lowest BCUT2D eigenvalue weighted by Gasteiger charge is -2.27. The zero-order valence-electron chi connectivity index (χ0n) is 12.5. The Bertz CT molecular complexity index is 518. The van der Waals surface area contributed by atoms with Crippen LogP contribution < -0.4 is 20.1 Å². The lowest BCUT2D eigenvalue weighted by molar-refractivity contribution is -0.919. The van der Waals surface area contributed by atoms with Gasteiger partial charge in [-0.1, -0.05) is 0 Å². The van der Waals surface area contributed by atoms with Gasteiger partial charge in [0.2, 0.25) is 5.91 Å². The number of ether oxygens (including phenoxy) is 2. The molecule has 1 fully saturated rings. The van der Waals surface area contributed by atoms with Crippen molar-refractivity contribution in [3.63, 3.8) is 0 Å². The Labute approximate surface area is 128 Å². The van der Waals surface area contributed by atoms with Gasteiger partial charge in [-0.15, -0.1) is 0 Å². The molecule has 3 N–H and O–H groups in total. The molecule has 0 radical (unpaired) electrons. The molecule has 1 aromatic carbocycles. The van der Waals surface area contributed by atoms with Crippen LogP contribution in [0, 0.1) is 5.92 Å². The highest BCUT2D eigenvalue weighted by Gasteiger charge is 2.26. The number of nitrogens with one attached hydrogen (secondary N) is 1. The van der Waals surface area contributed by atoms with E-state index in [1.54, 1.807) is 12.1 Å². The first kappa shape index (κ1) is 16.5. The van der Waals surface area contributed by atoms with Crippen LogP contribution in [0.3, 0.4) is 0 Å². The number of amides is 1. The molecule has 22 heavy (non-hydrogen) atoms. The number of nitrogens with two attached hydrogens (primary N) is 1. The number of hydrogen-bond donors (Lipinski definition) is 2. The summed E-state index contributed by atoms with van der Waals surface area (Å²) in [5.41, 5.74) is 6.30. The zero-order chi connectivity index (χ0) is 16.1. The van der Waals surface area contributed by atoms with E-state index < -0.39 is 6.61 Å². The van der Waals surface area contributed by atoms with Crippen LogP contribution in [0.15, 0.2) is 18.2 Å². The van der Waals surface area contributed by atoms with E-state index in [0.717, 1.165) is 38.0 Å². The Hall–Kier alpha value is -1.89. The number of halogens is 2. The molecule has 0 aliphatic carbocycles. The van der Waals surface area contributed by atoms with Gasteiger partial charge in [-0.2, -0.15) is 8.78 Å². The number of hydrogen-bond acceptors (Lipinski definition) is 3. The van der Waals surface area contributed by atoms with E-state index in [0.29, 0.717) is 5.75 Å². The molecule has 1 heterocycles. The van der Waals surface area contributed by atoms with Crippen molar-refractivity contribution in [2.45, 2.75) is 26.0 Å². The standard InChI is InChI=1S/C15H20F2N2O3/c1-21-13-8-10(2-3-12(13)22-15(16)17)9-19-6-4-11(5-7-19)14(18)20/h2-3,8,11,15H,4-7,9H2,1H3,(H2,18,20)/p+1. The Morgan fingerprint density at radius 3 is 2.59 bits per heavy atom. The van der Waals surface area contributed by atoms with Gasteiger partial charge in [-0.05, 0) is 18.2 Å². The quantitative estimate of drug-likeness (QED) is 0.807. The maximum absolute atomic E-state index is 12.3. The molecule has 122 valence electrons. The molecule has 1 amide bonds. The van der Waals surface area contributed by atoms with Gasteiger partial charge in [0, 0.05) is 24.3 Å². The van der Waals surface area contributed by atoms with E-state index in [1.165, 1.54) is 18.1 Å². The van der Waals surface area contributed by atoms with E-state index in [1.807, 2.05) is 0 Å². The normalized spacial score (nSPS) is 21.6. The minimum Gasteiger partial charge on any atom is -0.493 e. The monoisotopic (exact) mass is 315 g/mol. The number of piperidine rings is 1. The van der Waals surface area contributed by atoms with Crippen LogP contribution in [-0.2, 0) is 11.3 Å². The molecule has 0 unspecified atom stereocenters. The predicted molar refractivity (Wildman–Crippen MR) is 75.9 cm³/mol. The Morgan fingerprint density at radius 2 is 2.05 bits per heavy atom. The number of primary amides is 1. The van der Waals surface area contributed by atoms with Gasteiger partial charge in [0.25, 0.3) is 0 Å². The highest BCUT2D eigenvalue weighted by atomic mass is 19.3. The average Bonchev–Trinajstić information content (AvgIpc) is 2.49. The van der Waals surface area contributed by atoms with Crippen LogP contribution in [0.1, 0.15) is 18.4 Å². The summed E-state index contributed by atoms with van der Waals surface area (Å²) in [6.45, 7) is -0.397. The number of benzene rings is 1. The number of carbonyl (C=O) groups is 1. The maximum Gasteiger partial charge on any atom is 0.387 e. The van der Waals surface area contributed by atoms with Gasteiger partial charge in [-0.3, -0.25) is 4.79 Å². The van der Waals surface area contributed by atoms with E-state index in [4.69, 9.17) is 10.5 Å². The van der Waals surface area contributed by atoms with Crippen molar-refractivity contribution in [3.8, 4) is 11.5 Å². The van der Waals surface area contributed by atoms with Crippen molar-refractivity contribution in [3.05, 3.63) is 23.8 Å². The first-order chi connectivity index (χ1) is 10.5. The first-order valence-electron chi connectivity index (χ1n) is 7.24. The molecule has 1 aliphatic heterocycles. The average molecular weight is 315 g/mol. The number of carbonyl (C=O) groups excluding carboxylic acids is 1. The Kier molecular flexibility index (Phi) is 5.54. The molecular weight excluding hydrogens is 294 g/mol. The van der Waals surface area contributed by atoms with Gasteiger partial charge >= 0.3 is 6.61 Å². The SMILES string of the molecule is COc1cc(C[NH+]2CCC(C(N)=O)CC2)ccc1OC(F)F. The fourth-order valence-electron chi connectivity index (χ4n) is 2.79. The van der Waals surface area contributed by atoms with Gasteiger partial charge in [0.15, 0.2) is 11.5 Å². The summed E-state index contributed by atoms with van der Waals surface area (Å²) in [4.78, 5) is 12.5. The summed E-state index contributed by atoms with van der Waals surface area (Å²) in [6.07, 6.45) is 1.57. The third-order valence-corrected chi connectivity index (χ3v) is 3.99. The van der Waals surface area contributed by atoms with Crippen molar-refractivity contribution in [2.24, 2.45) is 11.7 Å². The van der Waals surface area contributed by atoms with E-state index in [2.05, 4.69) is 4.74 Å². The summed E-state index contributed by atoms with van der Waals surface area (Å²) in [5, 5.41) is 0. The van der Waals surface area contributed by atoms with Crippen molar-refractivity contribution in [1.29, 1.82) is 0 Å². The third kappa shape index (κ3) is 4.30. The number of methoxy groups -OCH3 is 1. The molecule has 0 aromatic heterocycles. The van der Waals surface area contributed by atoms with Crippen LogP contribution in [-0.4, -0.2) is 32.7 Å².